The van der Waals surface area contributed by atoms with E-state index in [9.17, 15) is 4.79 Å². The lowest BCUT2D eigenvalue weighted by molar-refractivity contribution is -0.136. The third-order valence-corrected chi connectivity index (χ3v) is 2.53. The fourth-order valence-corrected chi connectivity index (χ4v) is 1.81. The number of hydrogen-bond acceptors (Lipinski definition) is 3. The number of fused-ring (bicyclic) bond motifs is 1. The highest BCUT2D eigenvalue weighted by Crippen LogP contribution is 2.25. The third-order valence-electron chi connectivity index (χ3n) is 2.53. The van der Waals surface area contributed by atoms with Gasteiger partial charge in [-0.2, -0.15) is 0 Å². The maximum absolute atomic E-state index is 10.4. The molecule has 1 aromatic rings. The number of carboxylic acid groups (broad SMARTS) is 1. The van der Waals surface area contributed by atoms with Crippen LogP contribution in [0.1, 0.15) is 30.7 Å². The van der Waals surface area contributed by atoms with E-state index in [1.807, 2.05) is 0 Å². The minimum Gasteiger partial charge on any atom is -0.481 e. The lowest BCUT2D eigenvalue weighted by atomic mass is 9.92. The Morgan fingerprint density at radius 3 is 3.21 bits per heavy atom. The van der Waals surface area contributed by atoms with Crippen LogP contribution in [-0.4, -0.2) is 16.1 Å². The SMILES string of the molecule is CC1CCc2oc(CC(=O)O)nc2C1. The molecule has 0 fully saturated rings. The first-order chi connectivity index (χ1) is 6.65. The van der Waals surface area contributed by atoms with Crippen LogP contribution in [0.15, 0.2) is 4.42 Å². The molecule has 0 radical (unpaired) electrons. The molecule has 0 aromatic carbocycles. The van der Waals surface area contributed by atoms with Crippen LogP contribution in [0.5, 0.6) is 0 Å². The average Bonchev–Trinajstić information content (AvgIpc) is 2.44. The Bertz CT molecular complexity index is 356. The van der Waals surface area contributed by atoms with Gasteiger partial charge in [0.15, 0.2) is 0 Å². The molecule has 0 bridgehead atoms. The van der Waals surface area contributed by atoms with Crippen molar-refractivity contribution < 1.29 is 14.3 Å². The molecule has 1 aromatic heterocycles. The summed E-state index contributed by atoms with van der Waals surface area (Å²) in [6.07, 6.45) is 2.80. The Morgan fingerprint density at radius 2 is 2.50 bits per heavy atom. The fraction of sp³-hybridized carbons (Fsp3) is 0.600. The zero-order valence-electron chi connectivity index (χ0n) is 8.12. The van der Waals surface area contributed by atoms with Crippen molar-refractivity contribution >= 4 is 5.97 Å². The van der Waals surface area contributed by atoms with Gasteiger partial charge >= 0.3 is 5.97 Å². The molecule has 1 N–H and O–H groups in total. The number of nitrogens with zero attached hydrogens (tertiary/aromatic N) is 1. The Balaban J connectivity index is 2.19. The van der Waals surface area contributed by atoms with E-state index in [2.05, 4.69) is 11.9 Å². The maximum Gasteiger partial charge on any atom is 0.312 e. The van der Waals surface area contributed by atoms with E-state index in [0.717, 1.165) is 30.7 Å². The van der Waals surface area contributed by atoms with E-state index in [4.69, 9.17) is 9.52 Å². The summed E-state index contributed by atoms with van der Waals surface area (Å²) in [6.45, 7) is 2.18. The van der Waals surface area contributed by atoms with Crippen molar-refractivity contribution in [3.63, 3.8) is 0 Å². The second-order valence-corrected chi connectivity index (χ2v) is 3.90. The van der Waals surface area contributed by atoms with Crippen molar-refractivity contribution in [1.82, 2.24) is 4.98 Å². The van der Waals surface area contributed by atoms with Crippen molar-refractivity contribution in [2.75, 3.05) is 0 Å². The summed E-state index contributed by atoms with van der Waals surface area (Å²) in [4.78, 5) is 14.6. The first kappa shape index (κ1) is 9.24. The highest BCUT2D eigenvalue weighted by atomic mass is 16.4. The first-order valence-electron chi connectivity index (χ1n) is 4.84. The van der Waals surface area contributed by atoms with Gasteiger partial charge in [-0.3, -0.25) is 4.79 Å². The summed E-state index contributed by atoms with van der Waals surface area (Å²) in [5, 5.41) is 8.58. The van der Waals surface area contributed by atoms with Crippen LogP contribution < -0.4 is 0 Å². The summed E-state index contributed by atoms with van der Waals surface area (Å²) in [7, 11) is 0. The lowest BCUT2D eigenvalue weighted by Crippen LogP contribution is -2.09. The zero-order chi connectivity index (χ0) is 10.1. The molecule has 2 rings (SSSR count). The largest absolute Gasteiger partial charge is 0.481 e. The monoisotopic (exact) mass is 195 g/mol. The normalized spacial score (nSPS) is 20.5. The number of aliphatic carboxylic acids is 1. The fourth-order valence-electron chi connectivity index (χ4n) is 1.81. The molecule has 4 heteroatoms. The summed E-state index contributed by atoms with van der Waals surface area (Å²) in [6, 6.07) is 0. The molecule has 0 aliphatic heterocycles. The van der Waals surface area contributed by atoms with Crippen molar-refractivity contribution in [3.8, 4) is 0 Å². The van der Waals surface area contributed by atoms with E-state index in [0.29, 0.717) is 11.8 Å². The van der Waals surface area contributed by atoms with Gasteiger partial charge in [0.25, 0.3) is 0 Å². The highest BCUT2D eigenvalue weighted by molar-refractivity contribution is 5.68. The molecule has 76 valence electrons. The van der Waals surface area contributed by atoms with Crippen molar-refractivity contribution in [2.45, 2.75) is 32.6 Å². The van der Waals surface area contributed by atoms with Gasteiger partial charge in [-0.15, -0.1) is 0 Å². The summed E-state index contributed by atoms with van der Waals surface area (Å²) >= 11 is 0. The summed E-state index contributed by atoms with van der Waals surface area (Å²) in [5.74, 6) is 0.970. The molecular formula is C10H13NO3. The predicted molar refractivity (Wildman–Crippen MR) is 49.0 cm³/mol. The van der Waals surface area contributed by atoms with E-state index < -0.39 is 5.97 Å². The molecule has 14 heavy (non-hydrogen) atoms. The van der Waals surface area contributed by atoms with Crippen LogP contribution in [0, 0.1) is 5.92 Å². The van der Waals surface area contributed by atoms with Crippen molar-refractivity contribution in [1.29, 1.82) is 0 Å². The highest BCUT2D eigenvalue weighted by Gasteiger charge is 2.21. The molecule has 1 aliphatic carbocycles. The third kappa shape index (κ3) is 1.78. The van der Waals surface area contributed by atoms with Crippen molar-refractivity contribution in [2.24, 2.45) is 5.92 Å². The van der Waals surface area contributed by atoms with E-state index in [1.54, 1.807) is 0 Å². The quantitative estimate of drug-likeness (QED) is 0.775. The zero-order valence-corrected chi connectivity index (χ0v) is 8.12. The van der Waals surface area contributed by atoms with Crippen molar-refractivity contribution in [3.05, 3.63) is 17.3 Å². The Labute approximate surface area is 81.9 Å². The number of rotatable bonds is 2. The van der Waals surface area contributed by atoms with E-state index >= 15 is 0 Å². The van der Waals surface area contributed by atoms with Gasteiger partial charge in [-0.05, 0) is 18.8 Å². The number of aromatic nitrogens is 1. The van der Waals surface area contributed by atoms with Crippen LogP contribution in [0.4, 0.5) is 0 Å². The predicted octanol–water partition coefficient (Wildman–Crippen LogP) is 1.43. The number of hydrogen-bond donors (Lipinski definition) is 1. The molecule has 0 saturated carbocycles. The van der Waals surface area contributed by atoms with Gasteiger partial charge < -0.3 is 9.52 Å². The smallest absolute Gasteiger partial charge is 0.312 e. The number of oxazole rings is 1. The second-order valence-electron chi connectivity index (χ2n) is 3.90. The standard InChI is InChI=1S/C10H13NO3/c1-6-2-3-8-7(4-6)11-9(14-8)5-10(12)13/h6H,2-5H2,1H3,(H,12,13). The summed E-state index contributed by atoms with van der Waals surface area (Å²) < 4.78 is 5.37. The van der Waals surface area contributed by atoms with Crippen LogP contribution in [0.25, 0.3) is 0 Å². The molecule has 4 nitrogen and oxygen atoms in total. The molecule has 0 spiro atoms. The number of aryl methyl sites for hydroxylation is 1. The van der Waals surface area contributed by atoms with Gasteiger partial charge in [0.1, 0.15) is 12.2 Å². The molecule has 1 atom stereocenters. The molecule has 0 saturated heterocycles. The van der Waals surface area contributed by atoms with Crippen LogP contribution in [0.2, 0.25) is 0 Å². The Kier molecular flexibility index (Phi) is 2.27. The summed E-state index contributed by atoms with van der Waals surface area (Å²) in [5.41, 5.74) is 0.958. The topological polar surface area (TPSA) is 63.3 Å². The van der Waals surface area contributed by atoms with Crippen LogP contribution >= 0.6 is 0 Å². The first-order valence-corrected chi connectivity index (χ1v) is 4.84. The molecule has 0 amide bonds. The minimum absolute atomic E-state index is 0.110. The van der Waals surface area contributed by atoms with Crippen LogP contribution in [-0.2, 0) is 24.1 Å². The average molecular weight is 195 g/mol. The molecule has 1 unspecified atom stereocenters. The molecule has 1 aliphatic rings. The second kappa shape index (κ2) is 3.44. The minimum atomic E-state index is -0.892. The van der Waals surface area contributed by atoms with E-state index in [1.165, 1.54) is 0 Å². The van der Waals surface area contributed by atoms with Gasteiger partial charge in [-0.1, -0.05) is 6.92 Å². The maximum atomic E-state index is 10.4. The van der Waals surface area contributed by atoms with Gasteiger partial charge in [-0.25, -0.2) is 4.98 Å². The van der Waals surface area contributed by atoms with Crippen LogP contribution in [0.3, 0.4) is 0 Å². The molecule has 1 heterocycles. The lowest BCUT2D eigenvalue weighted by Gasteiger charge is -2.14. The number of carboxylic acids is 1. The molecular weight excluding hydrogens is 182 g/mol. The van der Waals surface area contributed by atoms with E-state index in [-0.39, 0.29) is 6.42 Å². The van der Waals surface area contributed by atoms with Gasteiger partial charge in [0.2, 0.25) is 5.89 Å². The van der Waals surface area contributed by atoms with Gasteiger partial charge in [0.05, 0.1) is 5.69 Å². The Morgan fingerprint density at radius 1 is 1.71 bits per heavy atom. The number of carbonyl (C=O) groups is 1. The Hall–Kier alpha value is -1.32. The van der Waals surface area contributed by atoms with Gasteiger partial charge in [0, 0.05) is 6.42 Å².